The summed E-state index contributed by atoms with van der Waals surface area (Å²) in [6, 6.07) is 4.62. The van der Waals surface area contributed by atoms with Gasteiger partial charge in [0.25, 0.3) is 0 Å². The summed E-state index contributed by atoms with van der Waals surface area (Å²) in [5.74, 6) is -0.986. The van der Waals surface area contributed by atoms with Crippen LogP contribution in [0.1, 0.15) is 20.3 Å². The number of hydrogen-bond acceptors (Lipinski definition) is 5. The van der Waals surface area contributed by atoms with Gasteiger partial charge < -0.3 is 10.4 Å². The molecule has 1 unspecified atom stereocenters. The number of carbonyl (C=O) groups is 2. The van der Waals surface area contributed by atoms with Crippen molar-refractivity contribution in [2.24, 2.45) is 5.92 Å². The molecule has 0 fully saturated rings. The molecule has 8 heteroatoms. The number of rotatable bonds is 7. The van der Waals surface area contributed by atoms with E-state index in [0.29, 0.717) is 11.4 Å². The molecule has 0 aliphatic rings. The summed E-state index contributed by atoms with van der Waals surface area (Å²) in [5, 5.41) is 12.3. The molecule has 23 heavy (non-hydrogen) atoms. The van der Waals surface area contributed by atoms with Crippen molar-refractivity contribution in [3.8, 4) is 0 Å². The van der Waals surface area contributed by atoms with Crippen LogP contribution in [-0.2, 0) is 9.59 Å². The Balaban J connectivity index is 1.93. The number of amides is 1. The number of nitrogens with one attached hydrogen (secondary N) is 1. The first kappa shape index (κ1) is 18.0. The van der Waals surface area contributed by atoms with Crippen molar-refractivity contribution in [2.75, 3.05) is 5.75 Å². The van der Waals surface area contributed by atoms with Gasteiger partial charge in [0.05, 0.1) is 16.0 Å². The Bertz CT molecular complexity index is 718. The predicted molar refractivity (Wildman–Crippen MR) is 94.4 cm³/mol. The van der Waals surface area contributed by atoms with Crippen molar-refractivity contribution in [1.29, 1.82) is 0 Å². The lowest BCUT2D eigenvalue weighted by Crippen LogP contribution is -2.42. The Labute approximate surface area is 147 Å². The number of aliphatic carboxylic acids is 1. The van der Waals surface area contributed by atoms with Gasteiger partial charge in [-0.2, -0.15) is 0 Å². The van der Waals surface area contributed by atoms with E-state index in [0.717, 1.165) is 14.6 Å². The van der Waals surface area contributed by atoms with Crippen molar-refractivity contribution in [3.05, 3.63) is 23.2 Å². The first-order valence-electron chi connectivity index (χ1n) is 7.06. The van der Waals surface area contributed by atoms with Gasteiger partial charge >= 0.3 is 5.97 Å². The second kappa shape index (κ2) is 7.99. The summed E-state index contributed by atoms with van der Waals surface area (Å²) in [7, 11) is 0. The molecule has 0 aliphatic carbocycles. The molecule has 124 valence electrons. The lowest BCUT2D eigenvalue weighted by atomic mass is 10.0. The topological polar surface area (TPSA) is 79.3 Å². The normalized spacial score (nSPS) is 12.5. The number of nitrogens with zero attached hydrogens (tertiary/aromatic N) is 1. The van der Waals surface area contributed by atoms with Gasteiger partial charge in [0, 0.05) is 5.02 Å². The van der Waals surface area contributed by atoms with Crippen molar-refractivity contribution in [1.82, 2.24) is 10.3 Å². The lowest BCUT2D eigenvalue weighted by molar-refractivity contribution is -0.141. The molecular weight excluding hydrogens is 356 g/mol. The number of aromatic nitrogens is 1. The Morgan fingerprint density at radius 2 is 2.17 bits per heavy atom. The summed E-state index contributed by atoms with van der Waals surface area (Å²) >= 11 is 8.69. The first-order valence-corrected chi connectivity index (χ1v) is 9.24. The number of hydrogen-bond donors (Lipinski definition) is 2. The second-order valence-corrected chi connectivity index (χ2v) is 8.16. The van der Waals surface area contributed by atoms with Crippen LogP contribution in [0.2, 0.25) is 5.02 Å². The van der Waals surface area contributed by atoms with E-state index in [2.05, 4.69) is 10.3 Å². The molecule has 0 aliphatic heterocycles. The molecule has 2 aromatic rings. The molecule has 0 radical (unpaired) electrons. The minimum absolute atomic E-state index is 0.134. The van der Waals surface area contributed by atoms with Crippen molar-refractivity contribution >= 4 is 56.8 Å². The van der Waals surface area contributed by atoms with Gasteiger partial charge in [0.2, 0.25) is 5.91 Å². The fourth-order valence-electron chi connectivity index (χ4n) is 2.00. The molecule has 1 heterocycles. The summed E-state index contributed by atoms with van der Waals surface area (Å²) in [6.45, 7) is 3.84. The summed E-state index contributed by atoms with van der Waals surface area (Å²) in [6.07, 6.45) is 0.408. The third-order valence-electron chi connectivity index (χ3n) is 3.00. The molecule has 1 aromatic carbocycles. The second-order valence-electron chi connectivity index (χ2n) is 5.47. The summed E-state index contributed by atoms with van der Waals surface area (Å²) in [5.41, 5.74) is 0.800. The van der Waals surface area contributed by atoms with Gasteiger partial charge in [-0.15, -0.1) is 11.3 Å². The first-order chi connectivity index (χ1) is 10.8. The zero-order chi connectivity index (χ0) is 17.0. The zero-order valence-electron chi connectivity index (χ0n) is 12.7. The molecule has 1 atom stereocenters. The summed E-state index contributed by atoms with van der Waals surface area (Å²) < 4.78 is 1.76. The smallest absolute Gasteiger partial charge is 0.326 e. The summed E-state index contributed by atoms with van der Waals surface area (Å²) in [4.78, 5) is 27.5. The number of carboxylic acid groups (broad SMARTS) is 1. The number of benzene rings is 1. The molecule has 0 spiro atoms. The minimum Gasteiger partial charge on any atom is -0.480 e. The average Bonchev–Trinajstić information content (AvgIpc) is 2.85. The number of carboxylic acids is 1. The van der Waals surface area contributed by atoms with E-state index in [4.69, 9.17) is 16.7 Å². The van der Waals surface area contributed by atoms with Crippen molar-refractivity contribution in [2.45, 2.75) is 30.6 Å². The van der Waals surface area contributed by atoms with Gasteiger partial charge in [-0.3, -0.25) is 4.79 Å². The Morgan fingerprint density at radius 1 is 1.43 bits per heavy atom. The Kier molecular flexibility index (Phi) is 6.26. The van der Waals surface area contributed by atoms with Gasteiger partial charge in [0.1, 0.15) is 6.04 Å². The van der Waals surface area contributed by atoms with E-state index in [1.807, 2.05) is 19.9 Å². The highest BCUT2D eigenvalue weighted by atomic mass is 35.5. The van der Waals surface area contributed by atoms with Crippen LogP contribution in [0.5, 0.6) is 0 Å². The van der Waals surface area contributed by atoms with Crippen LogP contribution in [0.3, 0.4) is 0 Å². The molecule has 0 bridgehead atoms. The maximum Gasteiger partial charge on any atom is 0.326 e. The number of halogens is 1. The van der Waals surface area contributed by atoms with Crippen LogP contribution in [0.15, 0.2) is 22.5 Å². The van der Waals surface area contributed by atoms with E-state index in [9.17, 15) is 9.59 Å². The van der Waals surface area contributed by atoms with Crippen LogP contribution in [0, 0.1) is 5.92 Å². The lowest BCUT2D eigenvalue weighted by Gasteiger charge is -2.16. The minimum atomic E-state index is -1.01. The number of carbonyl (C=O) groups excluding carboxylic acids is 1. The monoisotopic (exact) mass is 372 g/mol. The SMILES string of the molecule is CC(C)CC(NC(=O)CSc1nc2cc(Cl)ccc2s1)C(=O)O. The quantitative estimate of drug-likeness (QED) is 0.725. The molecule has 2 rings (SSSR count). The van der Waals surface area contributed by atoms with Crippen molar-refractivity contribution in [3.63, 3.8) is 0 Å². The number of fused-ring (bicyclic) bond motifs is 1. The van der Waals surface area contributed by atoms with E-state index in [1.165, 1.54) is 23.1 Å². The fourth-order valence-corrected chi connectivity index (χ4v) is 4.02. The Morgan fingerprint density at radius 3 is 2.83 bits per heavy atom. The van der Waals surface area contributed by atoms with Crippen LogP contribution in [0.25, 0.3) is 10.2 Å². The van der Waals surface area contributed by atoms with Gasteiger partial charge in [-0.25, -0.2) is 9.78 Å². The van der Waals surface area contributed by atoms with Gasteiger partial charge in [-0.05, 0) is 30.5 Å². The molecular formula is C15H17ClN2O3S2. The van der Waals surface area contributed by atoms with Crippen LogP contribution in [0.4, 0.5) is 0 Å². The molecule has 5 nitrogen and oxygen atoms in total. The molecule has 0 saturated carbocycles. The van der Waals surface area contributed by atoms with Crippen LogP contribution in [-0.4, -0.2) is 33.8 Å². The third-order valence-corrected chi connectivity index (χ3v) is 5.41. The highest BCUT2D eigenvalue weighted by Gasteiger charge is 2.21. The highest BCUT2D eigenvalue weighted by Crippen LogP contribution is 2.30. The molecule has 1 amide bonds. The predicted octanol–water partition coefficient (Wildman–Crippen LogP) is 3.66. The van der Waals surface area contributed by atoms with Crippen LogP contribution >= 0.6 is 34.7 Å². The van der Waals surface area contributed by atoms with E-state index < -0.39 is 12.0 Å². The Hall–Kier alpha value is -1.31. The third kappa shape index (κ3) is 5.37. The van der Waals surface area contributed by atoms with Crippen molar-refractivity contribution < 1.29 is 14.7 Å². The maximum atomic E-state index is 11.9. The average molecular weight is 373 g/mol. The van der Waals surface area contributed by atoms with E-state index in [1.54, 1.807) is 12.1 Å². The highest BCUT2D eigenvalue weighted by molar-refractivity contribution is 8.01. The van der Waals surface area contributed by atoms with Gasteiger partial charge in [-0.1, -0.05) is 37.2 Å². The van der Waals surface area contributed by atoms with Gasteiger partial charge in [0.15, 0.2) is 4.34 Å². The molecule has 1 aromatic heterocycles. The molecule has 2 N–H and O–H groups in total. The standard InChI is InChI=1S/C15H17ClN2O3S2/c1-8(2)5-11(14(20)21)17-13(19)7-22-15-18-10-6-9(16)3-4-12(10)23-15/h3-4,6,8,11H,5,7H2,1-2H3,(H,17,19)(H,20,21). The molecule has 0 saturated heterocycles. The number of thioether (sulfide) groups is 1. The maximum absolute atomic E-state index is 11.9. The fraction of sp³-hybridized carbons (Fsp3) is 0.400. The van der Waals surface area contributed by atoms with E-state index in [-0.39, 0.29) is 17.6 Å². The zero-order valence-corrected chi connectivity index (χ0v) is 15.1. The number of thiazole rings is 1. The largest absolute Gasteiger partial charge is 0.480 e. The van der Waals surface area contributed by atoms with Crippen LogP contribution < -0.4 is 5.32 Å². The van der Waals surface area contributed by atoms with E-state index >= 15 is 0 Å².